The summed E-state index contributed by atoms with van der Waals surface area (Å²) in [6, 6.07) is 10.6. The second-order valence-electron chi connectivity index (χ2n) is 6.13. The van der Waals surface area contributed by atoms with Gasteiger partial charge in [0.2, 0.25) is 0 Å². The van der Waals surface area contributed by atoms with E-state index in [1.165, 1.54) is 18.2 Å². The van der Waals surface area contributed by atoms with Gasteiger partial charge < -0.3 is 9.47 Å². The average molecular weight is 417 g/mol. The Hall–Kier alpha value is -3.04. The van der Waals surface area contributed by atoms with Gasteiger partial charge in [-0.3, -0.25) is 14.1 Å². The Morgan fingerprint density at radius 3 is 2.14 bits per heavy atom. The van der Waals surface area contributed by atoms with Crippen molar-refractivity contribution >= 4 is 43.9 Å². The van der Waals surface area contributed by atoms with E-state index >= 15 is 0 Å². The molecule has 1 N–H and O–H groups in total. The highest BCUT2D eigenvalue weighted by Crippen LogP contribution is 2.34. The summed E-state index contributed by atoms with van der Waals surface area (Å²) in [5.74, 6) is -3.08. The lowest BCUT2D eigenvalue weighted by atomic mass is 9.91. The van der Waals surface area contributed by atoms with Crippen LogP contribution in [-0.4, -0.2) is 43.1 Å². The highest BCUT2D eigenvalue weighted by molar-refractivity contribution is 7.85. The predicted molar refractivity (Wildman–Crippen MR) is 105 cm³/mol. The maximum Gasteiger partial charge on any atom is 0.324 e. The summed E-state index contributed by atoms with van der Waals surface area (Å²) in [4.78, 5) is 29.5. The van der Waals surface area contributed by atoms with Crippen molar-refractivity contribution in [3.05, 3.63) is 48.0 Å². The summed E-state index contributed by atoms with van der Waals surface area (Å²) in [5, 5.41) is 0.698. The molecule has 0 fully saturated rings. The summed E-state index contributed by atoms with van der Waals surface area (Å²) in [7, 11) is -4.51. The second-order valence-corrected chi connectivity index (χ2v) is 7.56. The van der Waals surface area contributed by atoms with Crippen molar-refractivity contribution in [2.75, 3.05) is 13.2 Å². The Morgan fingerprint density at radius 2 is 1.55 bits per heavy atom. The van der Waals surface area contributed by atoms with Crippen LogP contribution in [0.25, 0.3) is 21.8 Å². The Kier molecular flexibility index (Phi) is 5.81. The van der Waals surface area contributed by atoms with Gasteiger partial charge >= 0.3 is 11.9 Å². The predicted octanol–water partition coefficient (Wildman–Crippen LogP) is 2.84. The largest absolute Gasteiger partial charge is 0.465 e. The summed E-state index contributed by atoms with van der Waals surface area (Å²) < 4.78 is 42.9. The van der Waals surface area contributed by atoms with Crippen molar-refractivity contribution in [3.63, 3.8) is 0 Å². The van der Waals surface area contributed by atoms with Crippen molar-refractivity contribution in [1.82, 2.24) is 4.98 Å². The van der Waals surface area contributed by atoms with E-state index in [9.17, 15) is 22.6 Å². The molecule has 0 aliphatic rings. The SMILES string of the molecule is CCOC(=O)C(C(=O)OCC)c1c2ccccc2nc2ccc(S(=O)(=O)O)cc12. The molecule has 0 aliphatic carbocycles. The fraction of sp³-hybridized carbons (Fsp3) is 0.250. The van der Waals surface area contributed by atoms with Gasteiger partial charge in [-0.2, -0.15) is 8.42 Å². The molecule has 152 valence electrons. The lowest BCUT2D eigenvalue weighted by molar-refractivity contribution is -0.156. The van der Waals surface area contributed by atoms with E-state index in [2.05, 4.69) is 4.98 Å². The quantitative estimate of drug-likeness (QED) is 0.281. The highest BCUT2D eigenvalue weighted by Gasteiger charge is 2.35. The Labute approximate surface area is 167 Å². The van der Waals surface area contributed by atoms with E-state index in [4.69, 9.17) is 9.47 Å². The van der Waals surface area contributed by atoms with Crippen molar-refractivity contribution in [3.8, 4) is 0 Å². The van der Waals surface area contributed by atoms with Gasteiger partial charge in [-0.05, 0) is 43.7 Å². The fourth-order valence-corrected chi connectivity index (χ4v) is 3.66. The van der Waals surface area contributed by atoms with Crippen molar-refractivity contribution in [1.29, 1.82) is 0 Å². The number of carbonyl (C=O) groups excluding carboxylic acids is 2. The third-order valence-electron chi connectivity index (χ3n) is 4.32. The van der Waals surface area contributed by atoms with Gasteiger partial charge in [0.25, 0.3) is 10.1 Å². The number of hydrogen-bond acceptors (Lipinski definition) is 7. The number of hydrogen-bond donors (Lipinski definition) is 1. The van der Waals surface area contributed by atoms with Crippen LogP contribution in [0.3, 0.4) is 0 Å². The lowest BCUT2D eigenvalue weighted by Crippen LogP contribution is -2.27. The van der Waals surface area contributed by atoms with Crippen LogP contribution < -0.4 is 0 Å². The molecule has 0 spiro atoms. The average Bonchev–Trinajstić information content (AvgIpc) is 2.67. The standard InChI is InChI=1S/C20H19NO7S/c1-3-27-19(22)18(20(23)28-4-2)17-13-7-5-6-8-15(13)21-16-10-9-12(11-14(16)17)29(24,25)26/h5-11,18H,3-4H2,1-2H3,(H,24,25,26). The first-order chi connectivity index (χ1) is 13.8. The molecule has 0 saturated heterocycles. The monoisotopic (exact) mass is 417 g/mol. The molecular weight excluding hydrogens is 398 g/mol. The Bertz CT molecular complexity index is 1190. The molecule has 0 aliphatic heterocycles. The molecule has 0 amide bonds. The second kappa shape index (κ2) is 8.14. The topological polar surface area (TPSA) is 120 Å². The van der Waals surface area contributed by atoms with E-state index in [0.717, 1.165) is 0 Å². The molecule has 9 heteroatoms. The van der Waals surface area contributed by atoms with Crippen LogP contribution in [0.1, 0.15) is 25.3 Å². The molecule has 0 bridgehead atoms. The molecule has 2 aromatic carbocycles. The molecule has 3 rings (SSSR count). The molecule has 0 unspecified atom stereocenters. The zero-order valence-corrected chi connectivity index (χ0v) is 16.6. The first kappa shape index (κ1) is 20.7. The molecule has 1 heterocycles. The van der Waals surface area contributed by atoms with Crippen LogP contribution in [0.15, 0.2) is 47.4 Å². The van der Waals surface area contributed by atoms with E-state index in [1.54, 1.807) is 38.1 Å². The zero-order chi connectivity index (χ0) is 21.2. The number of para-hydroxylation sites is 1. The molecule has 8 nitrogen and oxygen atoms in total. The van der Waals surface area contributed by atoms with Crippen LogP contribution in [0, 0.1) is 0 Å². The highest BCUT2D eigenvalue weighted by atomic mass is 32.2. The minimum Gasteiger partial charge on any atom is -0.465 e. The van der Waals surface area contributed by atoms with Crippen LogP contribution >= 0.6 is 0 Å². The van der Waals surface area contributed by atoms with Gasteiger partial charge in [0.1, 0.15) is 0 Å². The van der Waals surface area contributed by atoms with Crippen LogP contribution in [-0.2, 0) is 29.2 Å². The van der Waals surface area contributed by atoms with Gasteiger partial charge in [-0.25, -0.2) is 4.98 Å². The van der Waals surface area contributed by atoms with Crippen molar-refractivity contribution in [2.45, 2.75) is 24.7 Å². The van der Waals surface area contributed by atoms with E-state index in [-0.39, 0.29) is 29.1 Å². The van der Waals surface area contributed by atoms with Crippen LogP contribution in [0.4, 0.5) is 0 Å². The number of benzene rings is 2. The smallest absolute Gasteiger partial charge is 0.324 e. The normalized spacial score (nSPS) is 11.7. The van der Waals surface area contributed by atoms with Gasteiger partial charge in [0, 0.05) is 10.8 Å². The van der Waals surface area contributed by atoms with Gasteiger partial charge in [-0.15, -0.1) is 0 Å². The first-order valence-electron chi connectivity index (χ1n) is 8.91. The molecule has 0 atom stereocenters. The minimum atomic E-state index is -4.51. The third kappa shape index (κ3) is 4.06. The number of esters is 2. The lowest BCUT2D eigenvalue weighted by Gasteiger charge is -2.19. The molecule has 0 radical (unpaired) electrons. The Morgan fingerprint density at radius 1 is 0.966 bits per heavy atom. The molecule has 1 aromatic heterocycles. The number of nitrogens with zero attached hydrogens (tertiary/aromatic N) is 1. The molecule has 0 saturated carbocycles. The molecule has 3 aromatic rings. The maximum atomic E-state index is 12.7. The number of aromatic nitrogens is 1. The molecule has 29 heavy (non-hydrogen) atoms. The number of rotatable bonds is 6. The summed E-state index contributed by atoms with van der Waals surface area (Å²) in [6.45, 7) is 3.32. The number of carbonyl (C=O) groups is 2. The van der Waals surface area contributed by atoms with Gasteiger partial charge in [0.05, 0.1) is 29.1 Å². The first-order valence-corrected chi connectivity index (χ1v) is 10.3. The number of ether oxygens (including phenoxy) is 2. The van der Waals surface area contributed by atoms with Gasteiger partial charge in [0.15, 0.2) is 5.92 Å². The van der Waals surface area contributed by atoms with Crippen molar-refractivity contribution < 1.29 is 32.0 Å². The van der Waals surface area contributed by atoms with Crippen LogP contribution in [0.2, 0.25) is 0 Å². The minimum absolute atomic E-state index is 0.0476. The van der Waals surface area contributed by atoms with Crippen LogP contribution in [0.5, 0.6) is 0 Å². The number of fused-ring (bicyclic) bond motifs is 2. The fourth-order valence-electron chi connectivity index (χ4n) is 3.16. The van der Waals surface area contributed by atoms with Crippen molar-refractivity contribution in [2.24, 2.45) is 0 Å². The van der Waals surface area contributed by atoms with Gasteiger partial charge in [-0.1, -0.05) is 18.2 Å². The third-order valence-corrected chi connectivity index (χ3v) is 5.17. The van der Waals surface area contributed by atoms with E-state index < -0.39 is 28.0 Å². The summed E-state index contributed by atoms with van der Waals surface area (Å²) in [6.07, 6.45) is 0. The Balaban J connectivity index is 2.44. The van der Waals surface area contributed by atoms with E-state index in [1.807, 2.05) is 0 Å². The summed E-state index contributed by atoms with van der Waals surface area (Å²) >= 11 is 0. The van der Waals surface area contributed by atoms with E-state index in [0.29, 0.717) is 16.4 Å². The molecular formula is C20H19NO7S. The number of pyridine rings is 1. The zero-order valence-electron chi connectivity index (χ0n) is 15.8. The maximum absolute atomic E-state index is 12.7. The summed E-state index contributed by atoms with van der Waals surface area (Å²) in [5.41, 5.74) is 1.07.